The van der Waals surface area contributed by atoms with Crippen LogP contribution in [0.25, 0.3) is 10.8 Å². The van der Waals surface area contributed by atoms with Crippen molar-refractivity contribution in [3.05, 3.63) is 48.0 Å². The molecule has 0 saturated heterocycles. The SMILES string of the molecule is O=C(OCc1cccc2ccccc12)C12C[C@@H]3C[C@@H](CC(Br)(C3)C1)C2. The molecule has 4 aliphatic rings. The number of hydrogen-bond donors (Lipinski definition) is 0. The van der Waals surface area contributed by atoms with Gasteiger partial charge in [0.25, 0.3) is 0 Å². The van der Waals surface area contributed by atoms with Crippen LogP contribution < -0.4 is 0 Å². The Morgan fingerprint density at radius 2 is 1.76 bits per heavy atom. The lowest BCUT2D eigenvalue weighted by molar-refractivity contribution is -0.170. The minimum absolute atomic E-state index is 0.0401. The predicted molar refractivity (Wildman–Crippen MR) is 103 cm³/mol. The maximum absolute atomic E-state index is 13.1. The summed E-state index contributed by atoms with van der Waals surface area (Å²) in [6.07, 6.45) is 6.81. The molecular weight excluding hydrogens is 376 g/mol. The smallest absolute Gasteiger partial charge is 0.312 e. The molecule has 2 aromatic rings. The molecule has 2 unspecified atom stereocenters. The topological polar surface area (TPSA) is 26.3 Å². The van der Waals surface area contributed by atoms with Crippen LogP contribution in [0.4, 0.5) is 0 Å². The van der Waals surface area contributed by atoms with E-state index in [4.69, 9.17) is 4.74 Å². The minimum Gasteiger partial charge on any atom is -0.460 e. The zero-order valence-corrected chi connectivity index (χ0v) is 15.9. The molecule has 0 amide bonds. The molecule has 4 fully saturated rings. The maximum Gasteiger partial charge on any atom is 0.312 e. The number of ether oxygens (including phenoxy) is 1. The molecule has 4 aliphatic carbocycles. The summed E-state index contributed by atoms with van der Waals surface area (Å²) in [4.78, 5) is 13.1. The predicted octanol–water partition coefficient (Wildman–Crippen LogP) is 5.62. The average molecular weight is 399 g/mol. The van der Waals surface area contributed by atoms with Gasteiger partial charge in [-0.15, -0.1) is 0 Å². The Kier molecular flexibility index (Phi) is 3.54. The van der Waals surface area contributed by atoms with Crippen LogP contribution in [-0.2, 0) is 16.1 Å². The molecule has 3 heteroatoms. The molecule has 2 aromatic carbocycles. The zero-order chi connectivity index (χ0) is 17.1. The van der Waals surface area contributed by atoms with Crippen molar-refractivity contribution in [3.63, 3.8) is 0 Å². The van der Waals surface area contributed by atoms with Gasteiger partial charge in [-0.3, -0.25) is 4.79 Å². The number of carbonyl (C=O) groups is 1. The van der Waals surface area contributed by atoms with Gasteiger partial charge in [-0.2, -0.15) is 0 Å². The van der Waals surface area contributed by atoms with Crippen molar-refractivity contribution in [1.82, 2.24) is 0 Å². The van der Waals surface area contributed by atoms with E-state index in [0.717, 1.165) is 24.8 Å². The number of halogens is 1. The molecule has 2 nitrogen and oxygen atoms in total. The van der Waals surface area contributed by atoms with Gasteiger partial charge in [0.1, 0.15) is 6.61 Å². The summed E-state index contributed by atoms with van der Waals surface area (Å²) >= 11 is 3.98. The molecule has 4 bridgehead atoms. The monoisotopic (exact) mass is 398 g/mol. The van der Waals surface area contributed by atoms with E-state index in [9.17, 15) is 4.79 Å². The highest BCUT2D eigenvalue weighted by atomic mass is 79.9. The third kappa shape index (κ3) is 2.63. The van der Waals surface area contributed by atoms with Gasteiger partial charge in [-0.05, 0) is 66.7 Å². The lowest BCUT2D eigenvalue weighted by atomic mass is 9.49. The largest absolute Gasteiger partial charge is 0.460 e. The first-order chi connectivity index (χ1) is 12.1. The van der Waals surface area contributed by atoms with E-state index in [1.54, 1.807) is 0 Å². The van der Waals surface area contributed by atoms with Crippen LogP contribution in [0.5, 0.6) is 0 Å². The maximum atomic E-state index is 13.1. The van der Waals surface area contributed by atoms with Crippen molar-refractivity contribution < 1.29 is 9.53 Å². The van der Waals surface area contributed by atoms with Crippen molar-refractivity contribution in [2.75, 3.05) is 0 Å². The van der Waals surface area contributed by atoms with Gasteiger partial charge in [0, 0.05) is 4.32 Å². The molecule has 4 atom stereocenters. The first kappa shape index (κ1) is 15.9. The summed E-state index contributed by atoms with van der Waals surface area (Å²) < 4.78 is 6.10. The second kappa shape index (κ2) is 5.57. The van der Waals surface area contributed by atoms with Crippen molar-refractivity contribution in [3.8, 4) is 0 Å². The van der Waals surface area contributed by atoms with Crippen molar-refractivity contribution >= 4 is 32.7 Å². The van der Waals surface area contributed by atoms with Crippen molar-refractivity contribution in [2.45, 2.75) is 49.5 Å². The fourth-order valence-electron chi connectivity index (χ4n) is 6.10. The van der Waals surface area contributed by atoms with E-state index in [-0.39, 0.29) is 15.7 Å². The van der Waals surface area contributed by atoms with Gasteiger partial charge in [-0.25, -0.2) is 0 Å². The van der Waals surface area contributed by atoms with E-state index in [1.165, 1.54) is 30.0 Å². The van der Waals surface area contributed by atoms with Crippen LogP contribution in [0.2, 0.25) is 0 Å². The zero-order valence-electron chi connectivity index (χ0n) is 14.3. The lowest BCUT2D eigenvalue weighted by Crippen LogP contribution is -2.56. The molecule has 0 heterocycles. The quantitative estimate of drug-likeness (QED) is 0.495. The fourth-order valence-corrected chi connectivity index (χ4v) is 7.56. The van der Waals surface area contributed by atoms with Crippen LogP contribution in [0.3, 0.4) is 0 Å². The highest BCUT2D eigenvalue weighted by Crippen LogP contribution is 2.64. The Bertz CT molecular complexity index is 824. The van der Waals surface area contributed by atoms with Gasteiger partial charge in [0.05, 0.1) is 5.41 Å². The molecule has 0 spiro atoms. The van der Waals surface area contributed by atoms with E-state index < -0.39 is 0 Å². The van der Waals surface area contributed by atoms with Gasteiger partial charge in [-0.1, -0.05) is 58.4 Å². The van der Waals surface area contributed by atoms with Crippen LogP contribution in [0.1, 0.15) is 44.1 Å². The third-order valence-corrected chi connectivity index (χ3v) is 7.59. The summed E-state index contributed by atoms with van der Waals surface area (Å²) in [5.74, 6) is 1.44. The molecule has 4 saturated carbocycles. The second-order valence-electron chi connectivity index (χ2n) is 8.61. The normalized spacial score (nSPS) is 35.9. The summed E-state index contributed by atoms with van der Waals surface area (Å²) in [5.41, 5.74) is 0.864. The number of alkyl halides is 1. The molecule has 130 valence electrons. The van der Waals surface area contributed by atoms with Gasteiger partial charge in [0.15, 0.2) is 0 Å². The molecule has 25 heavy (non-hydrogen) atoms. The highest BCUT2D eigenvalue weighted by molar-refractivity contribution is 9.10. The first-order valence-electron chi connectivity index (χ1n) is 9.38. The number of fused-ring (bicyclic) bond motifs is 1. The average Bonchev–Trinajstić information content (AvgIpc) is 2.57. The van der Waals surface area contributed by atoms with E-state index in [0.29, 0.717) is 18.4 Å². The summed E-state index contributed by atoms with van der Waals surface area (Å²) in [7, 11) is 0. The first-order valence-corrected chi connectivity index (χ1v) is 10.2. The number of hydrogen-bond acceptors (Lipinski definition) is 2. The van der Waals surface area contributed by atoms with Gasteiger partial charge >= 0.3 is 5.97 Å². The van der Waals surface area contributed by atoms with E-state index in [1.807, 2.05) is 18.2 Å². The van der Waals surface area contributed by atoms with Gasteiger partial charge < -0.3 is 4.74 Å². The standard InChI is InChI=1S/C22H23BrO2/c23-22-11-15-8-16(12-22)10-21(9-15,14-22)20(24)25-13-18-6-3-5-17-4-1-2-7-19(17)18/h1-7,15-16H,8-14H2/t15-,16+,21?,22?. The Labute approximate surface area is 157 Å². The van der Waals surface area contributed by atoms with E-state index >= 15 is 0 Å². The van der Waals surface area contributed by atoms with Crippen molar-refractivity contribution in [2.24, 2.45) is 17.3 Å². The Hall–Kier alpha value is -1.35. The van der Waals surface area contributed by atoms with Crippen LogP contribution in [0, 0.1) is 17.3 Å². The molecule has 0 N–H and O–H groups in total. The minimum atomic E-state index is -0.238. The van der Waals surface area contributed by atoms with Crippen LogP contribution in [0.15, 0.2) is 42.5 Å². The molecule has 6 rings (SSSR count). The Morgan fingerprint density at radius 3 is 2.52 bits per heavy atom. The molecule has 0 aromatic heterocycles. The molecular formula is C22H23BrO2. The summed E-state index contributed by atoms with van der Waals surface area (Å²) in [5, 5.41) is 2.38. The van der Waals surface area contributed by atoms with Crippen LogP contribution >= 0.6 is 15.9 Å². The number of carbonyl (C=O) groups excluding carboxylic acids is 1. The lowest BCUT2D eigenvalue weighted by Gasteiger charge is -2.58. The molecule has 0 radical (unpaired) electrons. The van der Waals surface area contributed by atoms with E-state index in [2.05, 4.69) is 40.2 Å². The number of benzene rings is 2. The van der Waals surface area contributed by atoms with Crippen molar-refractivity contribution in [1.29, 1.82) is 0 Å². The third-order valence-electron chi connectivity index (χ3n) is 6.66. The Balaban J connectivity index is 1.37. The summed E-state index contributed by atoms with van der Waals surface area (Å²) in [6.45, 7) is 0.382. The van der Waals surface area contributed by atoms with Crippen LogP contribution in [-0.4, -0.2) is 10.3 Å². The van der Waals surface area contributed by atoms with Gasteiger partial charge in [0.2, 0.25) is 0 Å². The molecule has 0 aliphatic heterocycles. The highest BCUT2D eigenvalue weighted by Gasteiger charge is 2.60. The summed E-state index contributed by atoms with van der Waals surface area (Å²) in [6, 6.07) is 14.5. The number of rotatable bonds is 3. The number of esters is 1. The fraction of sp³-hybridized carbons (Fsp3) is 0.500. The Morgan fingerprint density at radius 1 is 1.04 bits per heavy atom. The second-order valence-corrected chi connectivity index (χ2v) is 10.3.